The van der Waals surface area contributed by atoms with Gasteiger partial charge in [-0.05, 0) is 31.4 Å². The summed E-state index contributed by atoms with van der Waals surface area (Å²) in [7, 11) is 1.91. The Bertz CT molecular complexity index is 302. The monoisotopic (exact) mass is 237 g/mol. The molecule has 0 aliphatic rings. The highest BCUT2D eigenvalue weighted by atomic mass is 16.5. The molecule has 1 rings (SSSR count). The summed E-state index contributed by atoms with van der Waals surface area (Å²) >= 11 is 0. The molecule has 0 spiro atoms. The van der Waals surface area contributed by atoms with Crippen molar-refractivity contribution in [2.24, 2.45) is 0 Å². The Kier molecular flexibility index (Phi) is 7.23. The summed E-state index contributed by atoms with van der Waals surface area (Å²) in [5, 5.41) is 3.09. The zero-order valence-corrected chi connectivity index (χ0v) is 10.9. The van der Waals surface area contributed by atoms with Crippen molar-refractivity contribution >= 4 is 5.69 Å². The number of unbranched alkanes of at least 4 members (excludes halogenated alkanes) is 1. The molecule has 96 valence electrons. The first-order chi connectivity index (χ1) is 8.36. The number of benzene rings is 1. The van der Waals surface area contributed by atoms with Crippen LogP contribution in [0.15, 0.2) is 24.3 Å². The second-order valence-electron chi connectivity index (χ2n) is 3.95. The van der Waals surface area contributed by atoms with Crippen molar-refractivity contribution < 1.29 is 9.47 Å². The highest BCUT2D eigenvalue weighted by Crippen LogP contribution is 2.16. The summed E-state index contributed by atoms with van der Waals surface area (Å²) in [6.07, 6.45) is 3.19. The molecule has 0 atom stereocenters. The van der Waals surface area contributed by atoms with Crippen molar-refractivity contribution in [1.82, 2.24) is 0 Å². The minimum Gasteiger partial charge on any atom is -0.494 e. The van der Waals surface area contributed by atoms with Crippen LogP contribution in [0.4, 0.5) is 5.69 Å². The van der Waals surface area contributed by atoms with Gasteiger partial charge in [0, 0.05) is 32.0 Å². The van der Waals surface area contributed by atoms with Crippen LogP contribution in [0.1, 0.15) is 26.2 Å². The average molecular weight is 237 g/mol. The van der Waals surface area contributed by atoms with Gasteiger partial charge in [-0.25, -0.2) is 0 Å². The van der Waals surface area contributed by atoms with Crippen molar-refractivity contribution in [1.29, 1.82) is 0 Å². The van der Waals surface area contributed by atoms with Crippen LogP contribution in [0, 0.1) is 0 Å². The first kappa shape index (κ1) is 13.8. The van der Waals surface area contributed by atoms with Gasteiger partial charge in [0.15, 0.2) is 0 Å². The average Bonchev–Trinajstić information content (AvgIpc) is 2.38. The van der Waals surface area contributed by atoms with Gasteiger partial charge in [-0.1, -0.05) is 13.0 Å². The summed E-state index contributed by atoms with van der Waals surface area (Å²) in [5.74, 6) is 0.923. The lowest BCUT2D eigenvalue weighted by Gasteiger charge is -2.08. The van der Waals surface area contributed by atoms with Crippen molar-refractivity contribution in [3.8, 4) is 5.75 Å². The van der Waals surface area contributed by atoms with Crippen LogP contribution >= 0.6 is 0 Å². The smallest absolute Gasteiger partial charge is 0.121 e. The minimum absolute atomic E-state index is 0.753. The highest BCUT2D eigenvalue weighted by Gasteiger charge is 1.95. The lowest BCUT2D eigenvalue weighted by atomic mass is 10.3. The van der Waals surface area contributed by atoms with Crippen LogP contribution in [0.5, 0.6) is 5.75 Å². The van der Waals surface area contributed by atoms with Crippen LogP contribution in [-0.2, 0) is 4.74 Å². The van der Waals surface area contributed by atoms with Gasteiger partial charge in [0.25, 0.3) is 0 Å². The normalized spacial score (nSPS) is 10.2. The summed E-state index contributed by atoms with van der Waals surface area (Å²) in [6.45, 7) is 4.58. The Morgan fingerprint density at radius 3 is 2.71 bits per heavy atom. The molecule has 0 heterocycles. The van der Waals surface area contributed by atoms with Gasteiger partial charge in [-0.15, -0.1) is 0 Å². The summed E-state index contributed by atoms with van der Waals surface area (Å²) in [6, 6.07) is 8.00. The maximum Gasteiger partial charge on any atom is 0.121 e. The molecule has 0 bridgehead atoms. The highest BCUT2D eigenvalue weighted by molar-refractivity contribution is 5.47. The van der Waals surface area contributed by atoms with Gasteiger partial charge < -0.3 is 14.8 Å². The Labute approximate surface area is 104 Å². The van der Waals surface area contributed by atoms with E-state index in [-0.39, 0.29) is 0 Å². The first-order valence-corrected chi connectivity index (χ1v) is 6.35. The van der Waals surface area contributed by atoms with Crippen molar-refractivity contribution in [2.45, 2.75) is 26.2 Å². The van der Waals surface area contributed by atoms with Crippen molar-refractivity contribution in [3.05, 3.63) is 24.3 Å². The number of anilines is 1. The zero-order chi connectivity index (χ0) is 12.3. The fourth-order valence-electron chi connectivity index (χ4n) is 1.48. The maximum absolute atomic E-state index is 5.66. The van der Waals surface area contributed by atoms with Crippen molar-refractivity contribution in [2.75, 3.05) is 32.2 Å². The predicted molar refractivity (Wildman–Crippen MR) is 71.8 cm³/mol. The third-order valence-corrected chi connectivity index (χ3v) is 2.42. The number of nitrogens with one attached hydrogen (secondary N) is 1. The molecular weight excluding hydrogens is 214 g/mol. The molecule has 0 radical (unpaired) electrons. The molecule has 0 saturated heterocycles. The van der Waals surface area contributed by atoms with E-state index < -0.39 is 0 Å². The van der Waals surface area contributed by atoms with Gasteiger partial charge in [0.1, 0.15) is 5.75 Å². The van der Waals surface area contributed by atoms with E-state index in [0.29, 0.717) is 0 Å². The topological polar surface area (TPSA) is 30.5 Å². The Morgan fingerprint density at radius 2 is 1.94 bits per heavy atom. The van der Waals surface area contributed by atoms with Crippen LogP contribution in [-0.4, -0.2) is 26.9 Å². The fraction of sp³-hybridized carbons (Fsp3) is 0.571. The Morgan fingerprint density at radius 1 is 1.12 bits per heavy atom. The molecule has 3 nitrogen and oxygen atoms in total. The summed E-state index contributed by atoms with van der Waals surface area (Å²) in [5.41, 5.74) is 1.08. The second-order valence-corrected chi connectivity index (χ2v) is 3.95. The summed E-state index contributed by atoms with van der Waals surface area (Å²) < 4.78 is 11.1. The Balaban J connectivity index is 2.09. The SMILES string of the molecule is CCCOCCCCOc1cccc(NC)c1. The Hall–Kier alpha value is -1.22. The van der Waals surface area contributed by atoms with E-state index in [9.17, 15) is 0 Å². The van der Waals surface area contributed by atoms with Crippen molar-refractivity contribution in [3.63, 3.8) is 0 Å². The van der Waals surface area contributed by atoms with Gasteiger partial charge in [0.05, 0.1) is 6.61 Å². The molecule has 3 heteroatoms. The van der Waals surface area contributed by atoms with Gasteiger partial charge >= 0.3 is 0 Å². The standard InChI is InChI=1S/C14H23NO2/c1-3-9-16-10-4-5-11-17-14-8-6-7-13(12-14)15-2/h6-8,12,15H,3-5,9-11H2,1-2H3. The van der Waals surface area contributed by atoms with E-state index in [4.69, 9.17) is 9.47 Å². The van der Waals surface area contributed by atoms with Crippen LogP contribution in [0.2, 0.25) is 0 Å². The third-order valence-electron chi connectivity index (χ3n) is 2.42. The molecule has 1 aromatic carbocycles. The minimum atomic E-state index is 0.753. The third kappa shape index (κ3) is 6.17. The number of ether oxygens (including phenoxy) is 2. The zero-order valence-electron chi connectivity index (χ0n) is 10.9. The van der Waals surface area contributed by atoms with Crippen LogP contribution in [0.25, 0.3) is 0 Å². The maximum atomic E-state index is 5.66. The fourth-order valence-corrected chi connectivity index (χ4v) is 1.48. The van der Waals surface area contributed by atoms with Gasteiger partial charge in [-0.3, -0.25) is 0 Å². The van der Waals surface area contributed by atoms with E-state index in [1.165, 1.54) is 0 Å². The van der Waals surface area contributed by atoms with Gasteiger partial charge in [-0.2, -0.15) is 0 Å². The molecule has 0 aliphatic carbocycles. The molecule has 1 aromatic rings. The summed E-state index contributed by atoms with van der Waals surface area (Å²) in [4.78, 5) is 0. The number of hydrogen-bond acceptors (Lipinski definition) is 3. The molecule has 0 amide bonds. The molecule has 0 fully saturated rings. The van der Waals surface area contributed by atoms with E-state index in [1.54, 1.807) is 0 Å². The molecule has 0 unspecified atom stereocenters. The molecule has 17 heavy (non-hydrogen) atoms. The number of hydrogen-bond donors (Lipinski definition) is 1. The molecular formula is C14H23NO2. The van der Waals surface area contributed by atoms with Crippen LogP contribution in [0.3, 0.4) is 0 Å². The molecule has 0 aromatic heterocycles. The first-order valence-electron chi connectivity index (χ1n) is 6.35. The predicted octanol–water partition coefficient (Wildman–Crippen LogP) is 3.31. The molecule has 0 aliphatic heterocycles. The van der Waals surface area contributed by atoms with Crippen LogP contribution < -0.4 is 10.1 Å². The second kappa shape index (κ2) is 8.88. The number of rotatable bonds is 9. The molecule has 1 N–H and O–H groups in total. The van der Waals surface area contributed by atoms with E-state index in [2.05, 4.69) is 12.2 Å². The molecule has 0 saturated carbocycles. The lowest BCUT2D eigenvalue weighted by Crippen LogP contribution is -2.01. The quantitative estimate of drug-likeness (QED) is 0.668. The van der Waals surface area contributed by atoms with E-state index in [1.807, 2.05) is 31.3 Å². The van der Waals surface area contributed by atoms with Gasteiger partial charge in [0.2, 0.25) is 0 Å². The van der Waals surface area contributed by atoms with E-state index in [0.717, 1.165) is 50.5 Å². The van der Waals surface area contributed by atoms with E-state index >= 15 is 0 Å². The lowest BCUT2D eigenvalue weighted by molar-refractivity contribution is 0.127. The largest absolute Gasteiger partial charge is 0.494 e.